The van der Waals surface area contributed by atoms with Crippen molar-refractivity contribution in [2.75, 3.05) is 30.3 Å². The van der Waals surface area contributed by atoms with Crippen LogP contribution in [0.25, 0.3) is 20.8 Å². The average molecular weight is 467 g/mol. The molecule has 3 heterocycles. The first-order chi connectivity index (χ1) is 16.0. The monoisotopic (exact) mass is 466 g/mol. The lowest BCUT2D eigenvalue weighted by Gasteiger charge is -2.35. The van der Waals surface area contributed by atoms with Crippen LogP contribution in [0.2, 0.25) is 0 Å². The van der Waals surface area contributed by atoms with E-state index in [-0.39, 0.29) is 6.61 Å². The van der Waals surface area contributed by atoms with Gasteiger partial charge in [-0.05, 0) is 69.3 Å². The van der Waals surface area contributed by atoms with Gasteiger partial charge < -0.3 is 15.7 Å². The zero-order chi connectivity index (χ0) is 23.0. The number of rotatable bonds is 10. The van der Waals surface area contributed by atoms with Crippen LogP contribution in [-0.4, -0.2) is 44.7 Å². The van der Waals surface area contributed by atoms with Gasteiger partial charge in [-0.1, -0.05) is 13.3 Å². The minimum Gasteiger partial charge on any atom is -0.396 e. The molecule has 2 fully saturated rings. The Morgan fingerprint density at radius 1 is 1.15 bits per heavy atom. The maximum absolute atomic E-state index is 9.57. The van der Waals surface area contributed by atoms with E-state index in [9.17, 15) is 5.11 Å². The third-order valence-electron chi connectivity index (χ3n) is 7.42. The van der Waals surface area contributed by atoms with E-state index < -0.39 is 0 Å². The van der Waals surface area contributed by atoms with Crippen molar-refractivity contribution >= 4 is 33.3 Å². The van der Waals surface area contributed by atoms with Crippen LogP contribution in [0, 0.1) is 31.1 Å². The number of nitrogens with one attached hydrogen (secondary N) is 2. The van der Waals surface area contributed by atoms with Gasteiger partial charge in [-0.3, -0.25) is 4.98 Å². The van der Waals surface area contributed by atoms with E-state index >= 15 is 0 Å². The maximum atomic E-state index is 9.57. The molecular weight excluding hydrogens is 432 g/mol. The van der Waals surface area contributed by atoms with Crippen molar-refractivity contribution in [2.45, 2.75) is 59.3 Å². The molecule has 176 valence electrons. The lowest BCUT2D eigenvalue weighted by molar-refractivity contribution is 0.180. The SMILES string of the molecule is CCC(CO)CCNc1nc(NCC2CC3(CC3)C2)nc(C)c1-c1nc2c(C)nccc2s1. The molecule has 3 N–H and O–H groups in total. The molecule has 33 heavy (non-hydrogen) atoms. The molecule has 0 aliphatic heterocycles. The first-order valence-electron chi connectivity index (χ1n) is 12.2. The first kappa shape index (κ1) is 22.5. The standard InChI is InChI=1S/C25H34N6OS/c1-4-17(14-32)5-9-27-22-20(23-30-21-16(3)26-10-6-19(21)33-23)15(2)29-24(31-22)28-13-18-11-25(12-18)7-8-25/h6,10,17-18,32H,4-5,7-9,11-14H2,1-3H3,(H2,27,28,29,31). The van der Waals surface area contributed by atoms with Crippen molar-refractivity contribution in [3.63, 3.8) is 0 Å². The number of aliphatic hydroxyl groups is 1. The van der Waals surface area contributed by atoms with Crippen LogP contribution in [0.3, 0.4) is 0 Å². The number of pyridine rings is 1. The molecule has 7 nitrogen and oxygen atoms in total. The Balaban J connectivity index is 1.40. The fourth-order valence-electron chi connectivity index (χ4n) is 5.07. The van der Waals surface area contributed by atoms with Gasteiger partial charge in [0.1, 0.15) is 16.3 Å². The van der Waals surface area contributed by atoms with Crippen LogP contribution in [0.15, 0.2) is 12.3 Å². The average Bonchev–Trinajstić information content (AvgIpc) is 3.46. The molecule has 8 heteroatoms. The molecule has 3 aromatic heterocycles. The van der Waals surface area contributed by atoms with Crippen molar-refractivity contribution in [1.29, 1.82) is 0 Å². The zero-order valence-corrected chi connectivity index (χ0v) is 20.6. The minimum absolute atomic E-state index is 0.216. The van der Waals surface area contributed by atoms with Gasteiger partial charge in [0.05, 0.1) is 21.7 Å². The summed E-state index contributed by atoms with van der Waals surface area (Å²) in [5.74, 6) is 2.53. The highest BCUT2D eigenvalue weighted by Crippen LogP contribution is 2.63. The Hall–Kier alpha value is -2.32. The Labute approximate surface area is 199 Å². The summed E-state index contributed by atoms with van der Waals surface area (Å²) in [5, 5.41) is 17.5. The Kier molecular flexibility index (Phi) is 6.22. The fraction of sp³-hybridized carbons (Fsp3) is 0.600. The molecule has 1 spiro atoms. The van der Waals surface area contributed by atoms with E-state index in [1.807, 2.05) is 26.1 Å². The van der Waals surface area contributed by atoms with Crippen molar-refractivity contribution in [3.8, 4) is 10.6 Å². The van der Waals surface area contributed by atoms with Crippen LogP contribution < -0.4 is 10.6 Å². The van der Waals surface area contributed by atoms with E-state index in [4.69, 9.17) is 15.0 Å². The van der Waals surface area contributed by atoms with Crippen LogP contribution in [0.5, 0.6) is 0 Å². The molecule has 2 aliphatic carbocycles. The van der Waals surface area contributed by atoms with Crippen LogP contribution in [0.4, 0.5) is 11.8 Å². The summed E-state index contributed by atoms with van der Waals surface area (Å²) in [6.07, 6.45) is 9.24. The largest absolute Gasteiger partial charge is 0.396 e. The number of hydrogen-bond donors (Lipinski definition) is 3. The number of aliphatic hydroxyl groups excluding tert-OH is 1. The molecule has 3 aromatic rings. The molecule has 0 bridgehead atoms. The van der Waals surface area contributed by atoms with E-state index in [0.717, 1.165) is 69.8 Å². The number of hydrogen-bond acceptors (Lipinski definition) is 8. The maximum Gasteiger partial charge on any atom is 0.224 e. The second-order valence-corrected chi connectivity index (χ2v) is 11.0. The molecule has 0 amide bonds. The second kappa shape index (κ2) is 9.14. The van der Waals surface area contributed by atoms with E-state index in [0.29, 0.717) is 17.3 Å². The number of anilines is 2. The number of fused-ring (bicyclic) bond motifs is 1. The highest BCUT2D eigenvalue weighted by Gasteiger charge is 2.52. The number of thiazole rings is 1. The number of nitrogens with zero attached hydrogens (tertiary/aromatic N) is 4. The lowest BCUT2D eigenvalue weighted by atomic mass is 9.72. The molecular formula is C25H34N6OS. The molecule has 2 saturated carbocycles. The smallest absolute Gasteiger partial charge is 0.224 e. The highest BCUT2D eigenvalue weighted by molar-refractivity contribution is 7.21. The topological polar surface area (TPSA) is 95.8 Å². The van der Waals surface area contributed by atoms with Gasteiger partial charge in [0.15, 0.2) is 0 Å². The summed E-state index contributed by atoms with van der Waals surface area (Å²) in [6, 6.07) is 2.01. The predicted molar refractivity (Wildman–Crippen MR) is 135 cm³/mol. The summed E-state index contributed by atoms with van der Waals surface area (Å²) >= 11 is 1.65. The molecule has 0 radical (unpaired) electrons. The van der Waals surface area contributed by atoms with Crippen molar-refractivity contribution in [1.82, 2.24) is 19.9 Å². The van der Waals surface area contributed by atoms with Crippen molar-refractivity contribution in [2.24, 2.45) is 17.3 Å². The first-order valence-corrected chi connectivity index (χ1v) is 13.0. The molecule has 0 aromatic carbocycles. The van der Waals surface area contributed by atoms with Crippen LogP contribution >= 0.6 is 11.3 Å². The van der Waals surface area contributed by atoms with E-state index in [1.165, 1.54) is 25.7 Å². The quantitative estimate of drug-likeness (QED) is 0.378. The summed E-state index contributed by atoms with van der Waals surface area (Å²) in [6.45, 7) is 8.05. The van der Waals surface area contributed by atoms with Gasteiger partial charge in [0.25, 0.3) is 0 Å². The van der Waals surface area contributed by atoms with Gasteiger partial charge in [-0.15, -0.1) is 11.3 Å². The second-order valence-electron chi connectivity index (χ2n) is 9.95. The van der Waals surface area contributed by atoms with Gasteiger partial charge in [0, 0.05) is 25.9 Å². The fourth-order valence-corrected chi connectivity index (χ4v) is 6.18. The summed E-state index contributed by atoms with van der Waals surface area (Å²) in [7, 11) is 0. The van der Waals surface area contributed by atoms with Gasteiger partial charge in [0.2, 0.25) is 5.95 Å². The van der Waals surface area contributed by atoms with E-state index in [2.05, 4.69) is 22.5 Å². The zero-order valence-electron chi connectivity index (χ0n) is 19.8. The number of aryl methyl sites for hydroxylation is 2. The van der Waals surface area contributed by atoms with Gasteiger partial charge in [-0.2, -0.15) is 4.98 Å². The minimum atomic E-state index is 0.216. The molecule has 1 unspecified atom stereocenters. The lowest BCUT2D eigenvalue weighted by Crippen LogP contribution is -2.31. The van der Waals surface area contributed by atoms with Gasteiger partial charge in [-0.25, -0.2) is 9.97 Å². The molecule has 2 aliphatic rings. The Morgan fingerprint density at radius 2 is 1.97 bits per heavy atom. The summed E-state index contributed by atoms with van der Waals surface area (Å²) < 4.78 is 1.12. The highest BCUT2D eigenvalue weighted by atomic mass is 32.1. The third kappa shape index (κ3) is 4.68. The normalized spacial score (nSPS) is 17.8. The predicted octanol–water partition coefficient (Wildman–Crippen LogP) is 5.19. The van der Waals surface area contributed by atoms with Crippen LogP contribution in [0.1, 0.15) is 56.8 Å². The molecule has 0 saturated heterocycles. The third-order valence-corrected chi connectivity index (χ3v) is 8.46. The summed E-state index contributed by atoms with van der Waals surface area (Å²) in [4.78, 5) is 19.0. The Bertz CT molecular complexity index is 1130. The molecule has 5 rings (SSSR count). The summed E-state index contributed by atoms with van der Waals surface area (Å²) in [5.41, 5.74) is 4.46. The molecule has 1 atom stereocenters. The number of aromatic nitrogens is 4. The van der Waals surface area contributed by atoms with Crippen LogP contribution in [-0.2, 0) is 0 Å². The van der Waals surface area contributed by atoms with Gasteiger partial charge >= 0.3 is 0 Å². The van der Waals surface area contributed by atoms with E-state index in [1.54, 1.807) is 11.3 Å². The van der Waals surface area contributed by atoms with Crippen molar-refractivity contribution < 1.29 is 5.11 Å². The Morgan fingerprint density at radius 3 is 2.67 bits per heavy atom. The van der Waals surface area contributed by atoms with Crippen molar-refractivity contribution in [3.05, 3.63) is 23.7 Å².